The van der Waals surface area contributed by atoms with Crippen molar-refractivity contribution in [3.05, 3.63) is 29.8 Å². The minimum absolute atomic E-state index is 0.120. The molecule has 1 fully saturated rings. The fraction of sp³-hybridized carbons (Fsp3) is 0.533. The predicted octanol–water partition coefficient (Wildman–Crippen LogP) is 2.79. The lowest BCUT2D eigenvalue weighted by Gasteiger charge is -2.23. The molecule has 0 aromatic heterocycles. The zero-order valence-electron chi connectivity index (χ0n) is 11.3. The number of hydrogen-bond acceptors (Lipinski definition) is 3. The van der Waals surface area contributed by atoms with Crippen molar-refractivity contribution in [1.29, 1.82) is 0 Å². The first-order chi connectivity index (χ1) is 8.70. The van der Waals surface area contributed by atoms with E-state index in [9.17, 15) is 4.79 Å². The minimum atomic E-state index is 0.120. The maximum absolute atomic E-state index is 11.2. The van der Waals surface area contributed by atoms with Crippen LogP contribution in [0, 0.1) is 0 Å². The zero-order chi connectivity index (χ0) is 13.0. The quantitative estimate of drug-likeness (QED) is 0.811. The van der Waals surface area contributed by atoms with E-state index in [1.165, 1.54) is 19.4 Å². The van der Waals surface area contributed by atoms with Gasteiger partial charge in [-0.3, -0.25) is 9.69 Å². The highest BCUT2D eigenvalue weighted by atomic mass is 16.1. The van der Waals surface area contributed by atoms with Crippen LogP contribution in [0.1, 0.15) is 37.0 Å². The van der Waals surface area contributed by atoms with E-state index in [4.69, 9.17) is 0 Å². The fourth-order valence-corrected chi connectivity index (χ4v) is 2.60. The average molecular weight is 246 g/mol. The van der Waals surface area contributed by atoms with Crippen molar-refractivity contribution in [1.82, 2.24) is 4.90 Å². The molecular weight excluding hydrogens is 224 g/mol. The number of ketones is 1. The van der Waals surface area contributed by atoms with E-state index in [0.29, 0.717) is 6.04 Å². The van der Waals surface area contributed by atoms with Gasteiger partial charge in [0, 0.05) is 23.8 Å². The number of nitrogens with zero attached hydrogens (tertiary/aromatic N) is 1. The van der Waals surface area contributed by atoms with Crippen LogP contribution in [-0.4, -0.2) is 36.4 Å². The van der Waals surface area contributed by atoms with E-state index in [2.05, 4.69) is 17.1 Å². The van der Waals surface area contributed by atoms with E-state index in [1.807, 2.05) is 24.3 Å². The molecule has 0 amide bonds. The molecule has 0 radical (unpaired) electrons. The summed E-state index contributed by atoms with van der Waals surface area (Å²) in [5, 5.41) is 3.46. The SMILES string of the molecule is CCN1CCCC1CNc1ccc(C(C)=O)cc1. The molecular formula is C15H22N2O. The molecule has 3 nitrogen and oxygen atoms in total. The Bertz CT molecular complexity index is 399. The Balaban J connectivity index is 1.88. The van der Waals surface area contributed by atoms with Crippen molar-refractivity contribution >= 4 is 11.5 Å². The summed E-state index contributed by atoms with van der Waals surface area (Å²) in [5.74, 6) is 0.120. The van der Waals surface area contributed by atoms with Crippen LogP contribution in [-0.2, 0) is 0 Å². The Morgan fingerprint density at radius 3 is 2.72 bits per heavy atom. The van der Waals surface area contributed by atoms with Gasteiger partial charge in [-0.15, -0.1) is 0 Å². The van der Waals surface area contributed by atoms with E-state index < -0.39 is 0 Å². The molecule has 1 aliphatic heterocycles. The smallest absolute Gasteiger partial charge is 0.159 e. The highest BCUT2D eigenvalue weighted by molar-refractivity contribution is 5.94. The summed E-state index contributed by atoms with van der Waals surface area (Å²) in [5.41, 5.74) is 1.87. The molecule has 1 aromatic carbocycles. The number of carbonyl (C=O) groups excluding carboxylic acids is 1. The number of Topliss-reactive ketones (excluding diaryl/α,β-unsaturated/α-hetero) is 1. The summed E-state index contributed by atoms with van der Waals surface area (Å²) in [6.07, 6.45) is 2.59. The molecule has 1 saturated heterocycles. The molecule has 1 aromatic rings. The first-order valence-electron chi connectivity index (χ1n) is 6.79. The number of benzene rings is 1. The largest absolute Gasteiger partial charge is 0.383 e. The zero-order valence-corrected chi connectivity index (χ0v) is 11.3. The normalized spacial score (nSPS) is 20.0. The van der Waals surface area contributed by atoms with Crippen molar-refractivity contribution in [2.24, 2.45) is 0 Å². The van der Waals surface area contributed by atoms with Crippen molar-refractivity contribution in [2.45, 2.75) is 32.7 Å². The second-order valence-electron chi connectivity index (χ2n) is 4.94. The summed E-state index contributed by atoms with van der Waals surface area (Å²) in [6.45, 7) is 7.18. The van der Waals surface area contributed by atoms with Gasteiger partial charge in [0.1, 0.15) is 0 Å². The van der Waals surface area contributed by atoms with Crippen LogP contribution >= 0.6 is 0 Å². The Morgan fingerprint density at radius 2 is 2.11 bits per heavy atom. The van der Waals surface area contributed by atoms with Gasteiger partial charge in [-0.1, -0.05) is 6.92 Å². The first-order valence-corrected chi connectivity index (χ1v) is 6.79. The summed E-state index contributed by atoms with van der Waals surface area (Å²) in [6, 6.07) is 8.40. The molecule has 1 atom stereocenters. The molecule has 98 valence electrons. The minimum Gasteiger partial charge on any atom is -0.383 e. The van der Waals surface area contributed by atoms with E-state index >= 15 is 0 Å². The van der Waals surface area contributed by atoms with Gasteiger partial charge >= 0.3 is 0 Å². The van der Waals surface area contributed by atoms with Gasteiger partial charge in [0.25, 0.3) is 0 Å². The number of carbonyl (C=O) groups is 1. The molecule has 18 heavy (non-hydrogen) atoms. The summed E-state index contributed by atoms with van der Waals surface area (Å²) in [4.78, 5) is 13.7. The number of nitrogens with one attached hydrogen (secondary N) is 1. The summed E-state index contributed by atoms with van der Waals surface area (Å²) in [7, 11) is 0. The third kappa shape index (κ3) is 3.10. The highest BCUT2D eigenvalue weighted by Gasteiger charge is 2.22. The number of likely N-dealkylation sites (tertiary alicyclic amines) is 1. The van der Waals surface area contributed by atoms with Crippen molar-refractivity contribution in [3.8, 4) is 0 Å². The molecule has 0 aliphatic carbocycles. The van der Waals surface area contributed by atoms with Crippen LogP contribution in [0.5, 0.6) is 0 Å². The monoisotopic (exact) mass is 246 g/mol. The first kappa shape index (κ1) is 13.1. The molecule has 1 heterocycles. The Hall–Kier alpha value is -1.35. The van der Waals surface area contributed by atoms with Gasteiger partial charge in [-0.25, -0.2) is 0 Å². The lowest BCUT2D eigenvalue weighted by molar-refractivity contribution is 0.101. The van der Waals surface area contributed by atoms with Gasteiger partial charge < -0.3 is 5.32 Å². The van der Waals surface area contributed by atoms with Gasteiger partial charge in [0.15, 0.2) is 5.78 Å². The van der Waals surface area contributed by atoms with Crippen molar-refractivity contribution < 1.29 is 4.79 Å². The van der Waals surface area contributed by atoms with Crippen LogP contribution in [0.25, 0.3) is 0 Å². The third-order valence-electron chi connectivity index (χ3n) is 3.74. The maximum Gasteiger partial charge on any atom is 0.159 e. The van der Waals surface area contributed by atoms with Crippen LogP contribution in [0.2, 0.25) is 0 Å². The molecule has 2 rings (SSSR count). The fourth-order valence-electron chi connectivity index (χ4n) is 2.60. The lowest BCUT2D eigenvalue weighted by atomic mass is 10.1. The topological polar surface area (TPSA) is 32.3 Å². The lowest BCUT2D eigenvalue weighted by Crippen LogP contribution is -2.34. The molecule has 1 unspecified atom stereocenters. The molecule has 0 spiro atoms. The number of anilines is 1. The second-order valence-corrected chi connectivity index (χ2v) is 4.94. The van der Waals surface area contributed by atoms with Crippen LogP contribution in [0.3, 0.4) is 0 Å². The Kier molecular flexibility index (Phi) is 4.37. The maximum atomic E-state index is 11.2. The van der Waals surface area contributed by atoms with Crippen molar-refractivity contribution in [2.75, 3.05) is 25.0 Å². The standard InChI is InChI=1S/C15H22N2O/c1-3-17-10-4-5-15(17)11-16-14-8-6-13(7-9-14)12(2)18/h6-9,15-16H,3-5,10-11H2,1-2H3. The summed E-state index contributed by atoms with van der Waals surface area (Å²) < 4.78 is 0. The second kappa shape index (κ2) is 6.01. The van der Waals surface area contributed by atoms with Gasteiger partial charge in [-0.2, -0.15) is 0 Å². The van der Waals surface area contributed by atoms with Crippen LogP contribution in [0.15, 0.2) is 24.3 Å². The molecule has 3 heteroatoms. The molecule has 0 bridgehead atoms. The Labute approximate surface area is 109 Å². The van der Waals surface area contributed by atoms with E-state index in [-0.39, 0.29) is 5.78 Å². The number of rotatable bonds is 5. The number of likely N-dealkylation sites (N-methyl/N-ethyl adjacent to an activating group) is 1. The molecule has 1 aliphatic rings. The van der Waals surface area contributed by atoms with Gasteiger partial charge in [-0.05, 0) is 57.1 Å². The average Bonchev–Trinajstić information content (AvgIpc) is 2.84. The van der Waals surface area contributed by atoms with Crippen LogP contribution < -0.4 is 5.32 Å². The number of hydrogen-bond donors (Lipinski definition) is 1. The van der Waals surface area contributed by atoms with Crippen molar-refractivity contribution in [3.63, 3.8) is 0 Å². The molecule has 1 N–H and O–H groups in total. The molecule has 0 saturated carbocycles. The van der Waals surface area contributed by atoms with Gasteiger partial charge in [0.2, 0.25) is 0 Å². The summed E-state index contributed by atoms with van der Waals surface area (Å²) >= 11 is 0. The highest BCUT2D eigenvalue weighted by Crippen LogP contribution is 2.18. The van der Waals surface area contributed by atoms with Gasteiger partial charge in [0.05, 0.1) is 0 Å². The third-order valence-corrected chi connectivity index (χ3v) is 3.74. The Morgan fingerprint density at radius 1 is 1.39 bits per heavy atom. The van der Waals surface area contributed by atoms with E-state index in [1.54, 1.807) is 6.92 Å². The predicted molar refractivity (Wildman–Crippen MR) is 75.2 cm³/mol. The van der Waals surface area contributed by atoms with E-state index in [0.717, 1.165) is 24.3 Å². The van der Waals surface area contributed by atoms with Crippen LogP contribution in [0.4, 0.5) is 5.69 Å².